The molecule has 2 aliphatic carbocycles. The van der Waals surface area contributed by atoms with Gasteiger partial charge in [-0.15, -0.1) is 0 Å². The van der Waals surface area contributed by atoms with Gasteiger partial charge in [0.2, 0.25) is 5.91 Å². The molecule has 2 fully saturated rings. The zero-order chi connectivity index (χ0) is 15.7. The maximum atomic E-state index is 12.8. The fraction of sp³-hybridized carbons (Fsp3) is 0.778. The third-order valence-corrected chi connectivity index (χ3v) is 5.97. The minimum absolute atomic E-state index is 0.0253. The van der Waals surface area contributed by atoms with E-state index in [9.17, 15) is 4.79 Å². The summed E-state index contributed by atoms with van der Waals surface area (Å²) in [5.74, 6) is 0.160. The Morgan fingerprint density at radius 2 is 2.13 bits per heavy atom. The second-order valence-electron chi connectivity index (χ2n) is 7.54. The van der Waals surface area contributed by atoms with Gasteiger partial charge in [-0.3, -0.25) is 9.89 Å². The van der Waals surface area contributed by atoms with Gasteiger partial charge in [0.15, 0.2) is 0 Å². The lowest BCUT2D eigenvalue weighted by molar-refractivity contribution is -0.130. The summed E-state index contributed by atoms with van der Waals surface area (Å²) in [5, 5.41) is 10.5. The van der Waals surface area contributed by atoms with Crippen LogP contribution >= 0.6 is 0 Å². The Morgan fingerprint density at radius 1 is 1.26 bits per heavy atom. The van der Waals surface area contributed by atoms with Crippen LogP contribution in [0.5, 0.6) is 0 Å². The Morgan fingerprint density at radius 3 is 3.00 bits per heavy atom. The molecule has 1 aromatic heterocycles. The molecule has 2 N–H and O–H groups in total. The number of carbonyl (C=O) groups is 1. The molecule has 2 heterocycles. The van der Waals surface area contributed by atoms with Crippen LogP contribution in [-0.4, -0.2) is 34.4 Å². The Bertz CT molecular complexity index is 557. The first kappa shape index (κ1) is 15.2. The normalized spacial score (nSPS) is 29.9. The van der Waals surface area contributed by atoms with Crippen molar-refractivity contribution < 1.29 is 9.53 Å². The van der Waals surface area contributed by atoms with Crippen molar-refractivity contribution >= 4 is 5.91 Å². The van der Waals surface area contributed by atoms with E-state index in [0.29, 0.717) is 0 Å². The zero-order valence-corrected chi connectivity index (χ0v) is 13.8. The first-order chi connectivity index (χ1) is 11.3. The van der Waals surface area contributed by atoms with E-state index >= 15 is 0 Å². The maximum absolute atomic E-state index is 12.8. The predicted molar refractivity (Wildman–Crippen MR) is 87.2 cm³/mol. The second kappa shape index (κ2) is 6.27. The van der Waals surface area contributed by atoms with Crippen molar-refractivity contribution in [3.05, 3.63) is 17.5 Å². The van der Waals surface area contributed by atoms with Crippen molar-refractivity contribution in [3.8, 4) is 0 Å². The van der Waals surface area contributed by atoms with Crippen LogP contribution in [0.1, 0.15) is 75.0 Å². The van der Waals surface area contributed by atoms with Gasteiger partial charge in [0, 0.05) is 23.9 Å². The Balaban J connectivity index is 1.41. The molecular formula is C18H27N3O2. The van der Waals surface area contributed by atoms with E-state index in [0.717, 1.165) is 62.8 Å². The molecule has 4 rings (SSSR count). The third-order valence-electron chi connectivity index (χ3n) is 5.97. The summed E-state index contributed by atoms with van der Waals surface area (Å²) in [5.41, 5.74) is 2.29. The molecule has 1 aliphatic heterocycles. The third kappa shape index (κ3) is 3.03. The number of hydrogen-bond acceptors (Lipinski definition) is 3. The lowest BCUT2D eigenvalue weighted by Crippen LogP contribution is -2.50. The highest BCUT2D eigenvalue weighted by Gasteiger charge is 2.39. The van der Waals surface area contributed by atoms with Crippen LogP contribution in [-0.2, 0) is 16.0 Å². The highest BCUT2D eigenvalue weighted by atomic mass is 16.5. The first-order valence-corrected chi connectivity index (χ1v) is 9.22. The number of H-pyrrole nitrogens is 1. The quantitative estimate of drug-likeness (QED) is 0.881. The molecule has 3 aliphatic rings. The minimum Gasteiger partial charge on any atom is -0.375 e. The van der Waals surface area contributed by atoms with Crippen LogP contribution in [0.2, 0.25) is 0 Å². The Kier molecular flexibility index (Phi) is 4.14. The van der Waals surface area contributed by atoms with Gasteiger partial charge in [0.25, 0.3) is 0 Å². The van der Waals surface area contributed by atoms with Crippen molar-refractivity contribution in [2.24, 2.45) is 0 Å². The number of rotatable bonds is 2. The van der Waals surface area contributed by atoms with E-state index in [1.165, 1.54) is 19.3 Å². The van der Waals surface area contributed by atoms with Crippen molar-refractivity contribution in [1.29, 1.82) is 0 Å². The molecule has 1 saturated heterocycles. The summed E-state index contributed by atoms with van der Waals surface area (Å²) in [6.45, 7) is 0.784. The Hall–Kier alpha value is -1.36. The largest absolute Gasteiger partial charge is 0.375 e. The molecule has 1 saturated carbocycles. The van der Waals surface area contributed by atoms with Crippen LogP contribution in [0.25, 0.3) is 0 Å². The molecule has 5 heteroatoms. The summed E-state index contributed by atoms with van der Waals surface area (Å²) in [4.78, 5) is 12.8. The number of fused-ring (bicyclic) bond motifs is 1. The number of aromatic amines is 1. The number of amides is 1. The highest BCUT2D eigenvalue weighted by Crippen LogP contribution is 2.39. The lowest BCUT2D eigenvalue weighted by atomic mass is 9.78. The smallest absolute Gasteiger partial charge is 0.227 e. The molecule has 0 unspecified atom stereocenters. The maximum Gasteiger partial charge on any atom is 0.227 e. The topological polar surface area (TPSA) is 67.0 Å². The van der Waals surface area contributed by atoms with E-state index in [-0.39, 0.29) is 23.5 Å². The molecule has 126 valence electrons. The average molecular weight is 317 g/mol. The summed E-state index contributed by atoms with van der Waals surface area (Å²) in [6, 6.07) is 0.270. The number of ether oxygens (including phenoxy) is 1. The molecular weight excluding hydrogens is 290 g/mol. The van der Waals surface area contributed by atoms with Gasteiger partial charge in [-0.25, -0.2) is 0 Å². The van der Waals surface area contributed by atoms with Gasteiger partial charge in [-0.1, -0.05) is 19.3 Å². The van der Waals surface area contributed by atoms with Crippen LogP contribution in [0.15, 0.2) is 6.20 Å². The SMILES string of the molecule is O=C(N[C@@H]1CCOC2(CCCCC2)C1)[C@@H]1CCCc2[nH]ncc21. The predicted octanol–water partition coefficient (Wildman–Crippen LogP) is 2.83. The fourth-order valence-corrected chi connectivity index (χ4v) is 4.73. The van der Waals surface area contributed by atoms with E-state index in [2.05, 4.69) is 15.5 Å². The molecule has 1 spiro atoms. The summed E-state index contributed by atoms with van der Waals surface area (Å²) < 4.78 is 6.14. The molecule has 23 heavy (non-hydrogen) atoms. The van der Waals surface area contributed by atoms with Gasteiger partial charge in [-0.05, 0) is 44.9 Å². The van der Waals surface area contributed by atoms with Crippen LogP contribution in [0.4, 0.5) is 0 Å². The fourth-order valence-electron chi connectivity index (χ4n) is 4.73. The van der Waals surface area contributed by atoms with Crippen LogP contribution in [0.3, 0.4) is 0 Å². The van der Waals surface area contributed by atoms with E-state index in [1.807, 2.05) is 6.20 Å². The molecule has 0 bridgehead atoms. The standard InChI is InChI=1S/C18H27N3O2/c22-17(14-5-4-6-16-15(14)12-19-21-16)20-13-7-10-23-18(11-13)8-2-1-3-9-18/h12-14H,1-11H2,(H,19,21)(H,20,22)/t13-,14-/m1/s1. The van der Waals surface area contributed by atoms with E-state index < -0.39 is 0 Å². The van der Waals surface area contributed by atoms with E-state index in [1.54, 1.807) is 0 Å². The van der Waals surface area contributed by atoms with Crippen LogP contribution in [0, 0.1) is 0 Å². The molecule has 5 nitrogen and oxygen atoms in total. The average Bonchev–Trinajstić information content (AvgIpc) is 3.04. The van der Waals surface area contributed by atoms with Crippen LogP contribution < -0.4 is 5.32 Å². The van der Waals surface area contributed by atoms with Crippen molar-refractivity contribution in [2.45, 2.75) is 81.8 Å². The number of nitrogens with zero attached hydrogens (tertiary/aromatic N) is 1. The zero-order valence-electron chi connectivity index (χ0n) is 13.8. The monoisotopic (exact) mass is 317 g/mol. The van der Waals surface area contributed by atoms with E-state index in [4.69, 9.17) is 4.74 Å². The molecule has 2 atom stereocenters. The summed E-state index contributed by atoms with van der Waals surface area (Å²) in [7, 11) is 0. The van der Waals surface area contributed by atoms with Crippen molar-refractivity contribution in [3.63, 3.8) is 0 Å². The molecule has 0 radical (unpaired) electrons. The Labute approximate surface area is 137 Å². The van der Waals surface area contributed by atoms with Crippen molar-refractivity contribution in [2.75, 3.05) is 6.61 Å². The van der Waals surface area contributed by atoms with Crippen molar-refractivity contribution in [1.82, 2.24) is 15.5 Å². The van der Waals surface area contributed by atoms with Gasteiger partial charge >= 0.3 is 0 Å². The number of aromatic nitrogens is 2. The number of hydrogen-bond donors (Lipinski definition) is 2. The van der Waals surface area contributed by atoms with Gasteiger partial charge < -0.3 is 10.1 Å². The number of nitrogens with one attached hydrogen (secondary N) is 2. The van der Waals surface area contributed by atoms with Gasteiger partial charge in [0.05, 0.1) is 17.7 Å². The highest BCUT2D eigenvalue weighted by molar-refractivity contribution is 5.84. The molecule has 1 aromatic rings. The second-order valence-corrected chi connectivity index (χ2v) is 7.54. The summed E-state index contributed by atoms with van der Waals surface area (Å²) in [6.07, 6.45) is 13.0. The number of carbonyl (C=O) groups excluding carboxylic acids is 1. The lowest BCUT2D eigenvalue weighted by Gasteiger charge is -2.44. The van der Waals surface area contributed by atoms with Gasteiger partial charge in [0.1, 0.15) is 0 Å². The minimum atomic E-state index is -0.0253. The first-order valence-electron chi connectivity index (χ1n) is 9.22. The van der Waals surface area contributed by atoms with Gasteiger partial charge in [-0.2, -0.15) is 5.10 Å². The number of aryl methyl sites for hydroxylation is 1. The summed E-state index contributed by atoms with van der Waals surface area (Å²) >= 11 is 0. The molecule has 1 amide bonds. The molecule has 0 aromatic carbocycles.